The maximum atomic E-state index is 13.1. The Labute approximate surface area is 153 Å². The van der Waals surface area contributed by atoms with Crippen molar-refractivity contribution in [3.8, 4) is 6.07 Å². The number of rotatable bonds is 3. The van der Waals surface area contributed by atoms with Crippen molar-refractivity contribution in [2.45, 2.75) is 19.3 Å². The van der Waals surface area contributed by atoms with Crippen LogP contribution in [0.15, 0.2) is 41.2 Å². The van der Waals surface area contributed by atoms with Gasteiger partial charge in [0.25, 0.3) is 0 Å². The van der Waals surface area contributed by atoms with Crippen molar-refractivity contribution in [3.63, 3.8) is 0 Å². The summed E-state index contributed by atoms with van der Waals surface area (Å²) in [5.41, 5.74) is 3.75. The van der Waals surface area contributed by atoms with E-state index in [-0.39, 0.29) is 11.8 Å². The van der Waals surface area contributed by atoms with Gasteiger partial charge in [-0.1, -0.05) is 23.5 Å². The van der Waals surface area contributed by atoms with E-state index in [9.17, 15) is 10.1 Å². The zero-order chi connectivity index (χ0) is 17.4. The number of fused-ring (bicyclic) bond motifs is 1. The zero-order valence-corrected chi connectivity index (χ0v) is 15.0. The number of thiophene rings is 1. The van der Waals surface area contributed by atoms with Crippen LogP contribution in [0.5, 0.6) is 0 Å². The standard InChI is InChI=1S/C18H14N4OS2/c1-18(16(23)21-17-22-20-10-25-17)8-12-5-4-11(9-19)7-13(12)15(18)14-3-2-6-24-14/h2-7,10,15H,8H2,1H3,(H,21,22,23). The molecule has 1 aliphatic carbocycles. The van der Waals surface area contributed by atoms with E-state index in [1.54, 1.807) is 16.8 Å². The largest absolute Gasteiger partial charge is 0.300 e. The van der Waals surface area contributed by atoms with Crippen LogP contribution in [-0.4, -0.2) is 16.1 Å². The maximum Gasteiger partial charge on any atom is 0.233 e. The minimum absolute atomic E-state index is 0.0719. The number of aromatic nitrogens is 2. The Morgan fingerprint density at radius 3 is 2.96 bits per heavy atom. The van der Waals surface area contributed by atoms with E-state index in [0.29, 0.717) is 17.1 Å². The molecule has 0 saturated carbocycles. The van der Waals surface area contributed by atoms with Crippen molar-refractivity contribution in [2.24, 2.45) is 5.41 Å². The lowest BCUT2D eigenvalue weighted by Crippen LogP contribution is -2.37. The molecule has 4 rings (SSSR count). The third-order valence-corrected chi connectivity index (χ3v) is 6.25. The van der Waals surface area contributed by atoms with Crippen LogP contribution in [0, 0.1) is 16.7 Å². The topological polar surface area (TPSA) is 78.7 Å². The van der Waals surface area contributed by atoms with Gasteiger partial charge in [0, 0.05) is 10.8 Å². The van der Waals surface area contributed by atoms with Crippen molar-refractivity contribution in [1.29, 1.82) is 5.26 Å². The number of nitrogens with zero attached hydrogens (tertiary/aromatic N) is 3. The molecule has 0 bridgehead atoms. The smallest absolute Gasteiger partial charge is 0.233 e. The molecule has 2 unspecified atom stereocenters. The molecule has 0 aliphatic heterocycles. The normalized spacial score (nSPS) is 21.5. The van der Waals surface area contributed by atoms with Crippen LogP contribution in [0.2, 0.25) is 0 Å². The fraction of sp³-hybridized carbons (Fsp3) is 0.222. The van der Waals surface area contributed by atoms with Gasteiger partial charge in [-0.15, -0.1) is 21.5 Å². The summed E-state index contributed by atoms with van der Waals surface area (Å²) in [7, 11) is 0. The number of amides is 1. The summed E-state index contributed by atoms with van der Waals surface area (Å²) >= 11 is 2.94. The molecule has 1 aliphatic rings. The van der Waals surface area contributed by atoms with Gasteiger partial charge in [-0.25, -0.2) is 0 Å². The van der Waals surface area contributed by atoms with Gasteiger partial charge >= 0.3 is 0 Å². The van der Waals surface area contributed by atoms with E-state index in [0.717, 1.165) is 16.0 Å². The second-order valence-corrected chi connectivity index (χ2v) is 8.08. The molecular formula is C18H14N4OS2. The summed E-state index contributed by atoms with van der Waals surface area (Å²) < 4.78 is 0. The maximum absolute atomic E-state index is 13.1. The SMILES string of the molecule is CC1(C(=O)Nc2nncs2)Cc2ccc(C#N)cc2C1c1cccs1. The molecule has 3 aromatic rings. The highest BCUT2D eigenvalue weighted by atomic mass is 32.1. The molecule has 0 saturated heterocycles. The first kappa shape index (κ1) is 15.9. The molecule has 25 heavy (non-hydrogen) atoms. The zero-order valence-electron chi connectivity index (χ0n) is 13.4. The molecule has 0 spiro atoms. The van der Waals surface area contributed by atoms with E-state index in [1.807, 2.05) is 36.6 Å². The summed E-state index contributed by atoms with van der Waals surface area (Å²) in [4.78, 5) is 14.3. The van der Waals surface area contributed by atoms with Gasteiger partial charge in [-0.3, -0.25) is 4.79 Å². The van der Waals surface area contributed by atoms with Crippen LogP contribution >= 0.6 is 22.7 Å². The number of hydrogen-bond acceptors (Lipinski definition) is 6. The number of benzene rings is 1. The van der Waals surface area contributed by atoms with Crippen LogP contribution in [0.4, 0.5) is 5.13 Å². The Kier molecular flexibility index (Phi) is 3.86. The molecule has 5 nitrogen and oxygen atoms in total. The summed E-state index contributed by atoms with van der Waals surface area (Å²) in [6.45, 7) is 1.99. The Morgan fingerprint density at radius 1 is 1.40 bits per heavy atom. The highest BCUT2D eigenvalue weighted by Crippen LogP contribution is 2.52. The van der Waals surface area contributed by atoms with Crippen molar-refractivity contribution in [1.82, 2.24) is 10.2 Å². The fourth-order valence-electron chi connectivity index (χ4n) is 3.54. The van der Waals surface area contributed by atoms with Gasteiger partial charge in [0.05, 0.1) is 17.0 Å². The van der Waals surface area contributed by atoms with Crippen LogP contribution in [0.1, 0.15) is 34.4 Å². The van der Waals surface area contributed by atoms with Gasteiger partial charge < -0.3 is 5.32 Å². The first-order valence-corrected chi connectivity index (χ1v) is 9.52. The van der Waals surface area contributed by atoms with Gasteiger partial charge in [-0.2, -0.15) is 5.26 Å². The third-order valence-electron chi connectivity index (χ3n) is 4.71. The number of carbonyl (C=O) groups is 1. The highest BCUT2D eigenvalue weighted by molar-refractivity contribution is 7.13. The van der Waals surface area contributed by atoms with Crippen LogP contribution in [0.3, 0.4) is 0 Å². The van der Waals surface area contributed by atoms with Crippen molar-refractivity contribution >= 4 is 33.7 Å². The van der Waals surface area contributed by atoms with Crippen molar-refractivity contribution in [2.75, 3.05) is 5.32 Å². The minimum atomic E-state index is -0.646. The molecule has 7 heteroatoms. The lowest BCUT2D eigenvalue weighted by Gasteiger charge is -2.29. The first-order valence-electron chi connectivity index (χ1n) is 7.76. The number of hydrogen-bond donors (Lipinski definition) is 1. The molecule has 0 fully saturated rings. The van der Waals surface area contributed by atoms with E-state index < -0.39 is 5.41 Å². The summed E-state index contributed by atoms with van der Waals surface area (Å²) in [6.07, 6.45) is 0.626. The molecule has 2 heterocycles. The second kappa shape index (κ2) is 6.06. The van der Waals surface area contributed by atoms with Crippen LogP contribution < -0.4 is 5.32 Å². The number of nitriles is 1. The molecule has 1 amide bonds. The van der Waals surface area contributed by atoms with E-state index in [4.69, 9.17) is 0 Å². The Hall–Kier alpha value is -2.56. The van der Waals surface area contributed by atoms with Crippen LogP contribution in [-0.2, 0) is 11.2 Å². The quantitative estimate of drug-likeness (QED) is 0.764. The summed E-state index contributed by atoms with van der Waals surface area (Å²) in [5.74, 6) is -0.152. The molecule has 0 radical (unpaired) electrons. The molecule has 1 aromatic carbocycles. The Morgan fingerprint density at radius 2 is 2.28 bits per heavy atom. The lowest BCUT2D eigenvalue weighted by atomic mass is 9.76. The molecule has 1 N–H and O–H groups in total. The monoisotopic (exact) mass is 366 g/mol. The van der Waals surface area contributed by atoms with E-state index in [2.05, 4.69) is 27.6 Å². The highest BCUT2D eigenvalue weighted by Gasteiger charge is 2.49. The predicted octanol–water partition coefficient (Wildman–Crippen LogP) is 3.80. The molecule has 2 aromatic heterocycles. The molecule has 124 valence electrons. The summed E-state index contributed by atoms with van der Waals surface area (Å²) in [6, 6.07) is 12.0. The average molecular weight is 366 g/mol. The van der Waals surface area contributed by atoms with E-state index >= 15 is 0 Å². The minimum Gasteiger partial charge on any atom is -0.300 e. The summed E-state index contributed by atoms with van der Waals surface area (Å²) in [5, 5.41) is 22.4. The lowest BCUT2D eigenvalue weighted by molar-refractivity contribution is -0.125. The van der Waals surface area contributed by atoms with Crippen LogP contribution in [0.25, 0.3) is 0 Å². The van der Waals surface area contributed by atoms with Crippen molar-refractivity contribution < 1.29 is 4.79 Å². The number of nitrogens with one attached hydrogen (secondary N) is 1. The molecular weight excluding hydrogens is 352 g/mol. The first-order chi connectivity index (χ1) is 12.1. The van der Waals surface area contributed by atoms with Gasteiger partial charge in [0.1, 0.15) is 5.51 Å². The van der Waals surface area contributed by atoms with Gasteiger partial charge in [0.2, 0.25) is 11.0 Å². The molecule has 2 atom stereocenters. The number of anilines is 1. The fourth-order valence-corrected chi connectivity index (χ4v) is 4.97. The Bertz CT molecular complexity index is 960. The predicted molar refractivity (Wildman–Crippen MR) is 97.7 cm³/mol. The third kappa shape index (κ3) is 2.64. The van der Waals surface area contributed by atoms with Crippen molar-refractivity contribution in [3.05, 3.63) is 62.8 Å². The second-order valence-electron chi connectivity index (χ2n) is 6.27. The van der Waals surface area contributed by atoms with Gasteiger partial charge in [0.15, 0.2) is 0 Å². The Balaban J connectivity index is 1.79. The van der Waals surface area contributed by atoms with E-state index in [1.165, 1.54) is 11.3 Å². The average Bonchev–Trinajstić information content (AvgIpc) is 3.33. The number of carbonyl (C=O) groups excluding carboxylic acids is 1. The van der Waals surface area contributed by atoms with Gasteiger partial charge in [-0.05, 0) is 48.1 Å².